The molecule has 0 radical (unpaired) electrons. The number of unbranched alkanes of at least 4 members (excludes halogenated alkanes) is 1. The van der Waals surface area contributed by atoms with Crippen LogP contribution in [-0.4, -0.2) is 35.9 Å². The number of aromatic nitrogens is 1. The highest BCUT2D eigenvalue weighted by molar-refractivity contribution is 7.09. The molecule has 1 amide bonds. The van der Waals surface area contributed by atoms with E-state index in [9.17, 15) is 14.4 Å². The molecule has 0 spiro atoms. The number of rotatable bonds is 14. The van der Waals surface area contributed by atoms with E-state index >= 15 is 0 Å². The van der Waals surface area contributed by atoms with Crippen molar-refractivity contribution in [1.82, 2.24) is 10.3 Å². The van der Waals surface area contributed by atoms with Crippen LogP contribution in [0.25, 0.3) is 6.08 Å². The van der Waals surface area contributed by atoms with Crippen molar-refractivity contribution in [3.05, 3.63) is 63.1 Å². The molecule has 0 unspecified atom stereocenters. The lowest BCUT2D eigenvalue weighted by Crippen LogP contribution is -2.38. The number of allylic oxidation sites excluding steroid dienone is 2. The van der Waals surface area contributed by atoms with E-state index in [0.29, 0.717) is 25.2 Å². The zero-order valence-corrected chi connectivity index (χ0v) is 24.3. The molecule has 2 aromatic rings. The Balaban J connectivity index is 1.78. The average Bonchev–Trinajstić information content (AvgIpc) is 3.62. The summed E-state index contributed by atoms with van der Waals surface area (Å²) in [5.41, 5.74) is 3.10. The van der Waals surface area contributed by atoms with Gasteiger partial charge in [-0.25, -0.2) is 9.78 Å². The van der Waals surface area contributed by atoms with Crippen molar-refractivity contribution in [1.29, 1.82) is 0 Å². The normalized spacial score (nSPS) is 15.2. The molecule has 1 aliphatic carbocycles. The summed E-state index contributed by atoms with van der Waals surface area (Å²) in [7, 11) is 0. The minimum atomic E-state index is -0.539. The lowest BCUT2D eigenvalue weighted by molar-refractivity contribution is -0.140. The molecular formula is C31H40N2O5S. The van der Waals surface area contributed by atoms with E-state index in [4.69, 9.17) is 14.5 Å². The first-order valence-electron chi connectivity index (χ1n) is 13.9. The first kappa shape index (κ1) is 30.3. The third kappa shape index (κ3) is 9.46. The molecule has 1 aromatic heterocycles. The van der Waals surface area contributed by atoms with Crippen molar-refractivity contribution in [2.45, 2.75) is 78.7 Å². The van der Waals surface area contributed by atoms with E-state index in [1.54, 1.807) is 19.9 Å². The standard InChI is InChI=1S/C31H40N2O5S/c1-5-7-16-38-26-14-12-23(13-15-26)19-27(33-29(35)28(34)24-10-8-9-11-24)30-32-25(20-39-30)18-21(3)17-22(4)31(36)37-6-2/h12-15,17-18,20,24,27H,5-11,16,19H2,1-4H3,(H,33,35)/b21-18+,22-17-/t27-/m0/s1. The van der Waals surface area contributed by atoms with Gasteiger partial charge in [0, 0.05) is 16.9 Å². The number of ketones is 1. The molecule has 3 rings (SSSR count). The molecule has 1 saturated carbocycles. The number of benzene rings is 1. The van der Waals surface area contributed by atoms with Gasteiger partial charge in [-0.3, -0.25) is 9.59 Å². The van der Waals surface area contributed by atoms with Crippen LogP contribution in [0.15, 0.2) is 46.9 Å². The molecular weight excluding hydrogens is 512 g/mol. The Morgan fingerprint density at radius 1 is 1.13 bits per heavy atom. The molecule has 210 valence electrons. The van der Waals surface area contributed by atoms with Crippen LogP contribution >= 0.6 is 11.3 Å². The van der Waals surface area contributed by atoms with Crippen LogP contribution in [0.5, 0.6) is 5.75 Å². The highest BCUT2D eigenvalue weighted by Crippen LogP contribution is 2.28. The summed E-state index contributed by atoms with van der Waals surface area (Å²) in [6, 6.07) is 7.40. The minimum Gasteiger partial charge on any atom is -0.494 e. The van der Waals surface area contributed by atoms with Crippen LogP contribution in [0.3, 0.4) is 0 Å². The van der Waals surface area contributed by atoms with Gasteiger partial charge in [-0.05, 0) is 81.9 Å². The topological polar surface area (TPSA) is 94.6 Å². The molecule has 1 fully saturated rings. The Morgan fingerprint density at radius 2 is 1.85 bits per heavy atom. The SMILES string of the molecule is CCCCOc1ccc(C[C@H](NC(=O)C(=O)C2CCCC2)c2nc(/C=C(C)/C=C(/C)C(=O)OCC)cs2)cc1. The third-order valence-corrected chi connectivity index (χ3v) is 7.62. The van der Waals surface area contributed by atoms with E-state index in [0.717, 1.165) is 66.1 Å². The molecule has 1 aliphatic rings. The number of hydrogen-bond acceptors (Lipinski definition) is 7. The van der Waals surface area contributed by atoms with E-state index in [1.807, 2.05) is 42.6 Å². The number of hydrogen-bond donors (Lipinski definition) is 1. The third-order valence-electron chi connectivity index (χ3n) is 6.64. The maximum atomic E-state index is 13.0. The molecule has 1 aromatic carbocycles. The van der Waals surface area contributed by atoms with Gasteiger partial charge in [0.1, 0.15) is 10.8 Å². The molecule has 0 bridgehead atoms. The molecule has 0 saturated heterocycles. The smallest absolute Gasteiger partial charge is 0.333 e. The summed E-state index contributed by atoms with van der Waals surface area (Å²) in [5, 5.41) is 5.61. The van der Waals surface area contributed by atoms with Crippen LogP contribution in [0.1, 0.15) is 88.5 Å². The molecule has 1 heterocycles. The number of carbonyl (C=O) groups excluding carboxylic acids is 3. The van der Waals surface area contributed by atoms with Crippen LogP contribution in [-0.2, 0) is 25.5 Å². The second-order valence-electron chi connectivity index (χ2n) is 9.97. The number of ether oxygens (including phenoxy) is 2. The molecule has 1 atom stereocenters. The van der Waals surface area contributed by atoms with Crippen LogP contribution in [0.4, 0.5) is 0 Å². The summed E-state index contributed by atoms with van der Waals surface area (Å²) >= 11 is 1.44. The Morgan fingerprint density at radius 3 is 2.51 bits per heavy atom. The highest BCUT2D eigenvalue weighted by atomic mass is 32.1. The largest absolute Gasteiger partial charge is 0.494 e. The average molecular weight is 553 g/mol. The number of carbonyl (C=O) groups is 3. The number of Topliss-reactive ketones (excluding diaryl/α,β-unsaturated/α-hetero) is 1. The first-order valence-corrected chi connectivity index (χ1v) is 14.7. The van der Waals surface area contributed by atoms with Gasteiger partial charge in [-0.2, -0.15) is 0 Å². The lowest BCUT2D eigenvalue weighted by atomic mass is 10.0. The summed E-state index contributed by atoms with van der Waals surface area (Å²) in [6.45, 7) is 8.52. The van der Waals surface area contributed by atoms with E-state index in [2.05, 4.69) is 12.2 Å². The zero-order chi connectivity index (χ0) is 28.2. The molecule has 0 aliphatic heterocycles. The van der Waals surface area contributed by atoms with Crippen molar-refractivity contribution in [2.24, 2.45) is 5.92 Å². The number of nitrogens with one attached hydrogen (secondary N) is 1. The Hall–Kier alpha value is -3.26. The van der Waals surface area contributed by atoms with Crippen molar-refractivity contribution >= 4 is 35.1 Å². The fourth-order valence-electron chi connectivity index (χ4n) is 4.54. The van der Waals surface area contributed by atoms with Gasteiger partial charge in [0.05, 0.1) is 24.9 Å². The summed E-state index contributed by atoms with van der Waals surface area (Å²) in [6.07, 6.45) is 9.76. The summed E-state index contributed by atoms with van der Waals surface area (Å²) < 4.78 is 10.8. The van der Waals surface area contributed by atoms with Crippen LogP contribution < -0.4 is 10.1 Å². The van der Waals surface area contributed by atoms with Crippen molar-refractivity contribution < 1.29 is 23.9 Å². The van der Waals surface area contributed by atoms with E-state index in [-0.39, 0.29) is 17.7 Å². The number of thiazole rings is 1. The van der Waals surface area contributed by atoms with Crippen LogP contribution in [0.2, 0.25) is 0 Å². The maximum Gasteiger partial charge on any atom is 0.333 e. The van der Waals surface area contributed by atoms with Gasteiger partial charge in [-0.15, -0.1) is 11.3 Å². The minimum absolute atomic E-state index is 0.183. The monoisotopic (exact) mass is 552 g/mol. The zero-order valence-electron chi connectivity index (χ0n) is 23.5. The second-order valence-corrected chi connectivity index (χ2v) is 10.9. The van der Waals surface area contributed by atoms with E-state index < -0.39 is 11.9 Å². The van der Waals surface area contributed by atoms with Crippen molar-refractivity contribution in [3.63, 3.8) is 0 Å². The van der Waals surface area contributed by atoms with Gasteiger partial charge < -0.3 is 14.8 Å². The first-order chi connectivity index (χ1) is 18.8. The van der Waals surface area contributed by atoms with E-state index in [1.165, 1.54) is 11.3 Å². The number of nitrogens with zero attached hydrogens (tertiary/aromatic N) is 1. The fourth-order valence-corrected chi connectivity index (χ4v) is 5.37. The number of esters is 1. The maximum absolute atomic E-state index is 13.0. The summed E-state index contributed by atoms with van der Waals surface area (Å²) in [5.74, 6) is -0.586. The van der Waals surface area contributed by atoms with Gasteiger partial charge in [-0.1, -0.05) is 38.3 Å². The van der Waals surface area contributed by atoms with Crippen molar-refractivity contribution in [3.8, 4) is 5.75 Å². The lowest BCUT2D eigenvalue weighted by Gasteiger charge is -2.18. The van der Waals surface area contributed by atoms with Gasteiger partial charge >= 0.3 is 5.97 Å². The molecule has 1 N–H and O–H groups in total. The van der Waals surface area contributed by atoms with Gasteiger partial charge in [0.2, 0.25) is 5.78 Å². The van der Waals surface area contributed by atoms with Gasteiger partial charge in [0.15, 0.2) is 0 Å². The van der Waals surface area contributed by atoms with Crippen LogP contribution in [0, 0.1) is 5.92 Å². The molecule has 7 nitrogen and oxygen atoms in total. The summed E-state index contributed by atoms with van der Waals surface area (Å²) in [4.78, 5) is 42.4. The number of amides is 1. The Bertz CT molecular complexity index is 1180. The fraction of sp³-hybridized carbons (Fsp3) is 0.484. The second kappa shape index (κ2) is 15.4. The predicted octanol–water partition coefficient (Wildman–Crippen LogP) is 6.39. The molecule has 8 heteroatoms. The predicted molar refractivity (Wildman–Crippen MR) is 155 cm³/mol. The molecule has 39 heavy (non-hydrogen) atoms. The van der Waals surface area contributed by atoms with Gasteiger partial charge in [0.25, 0.3) is 5.91 Å². The Labute approximate surface area is 235 Å². The van der Waals surface area contributed by atoms with Crippen molar-refractivity contribution in [2.75, 3.05) is 13.2 Å². The highest BCUT2D eigenvalue weighted by Gasteiger charge is 2.30. The Kier molecular flexibility index (Phi) is 11.9. The quantitative estimate of drug-likeness (QED) is 0.0959.